The lowest BCUT2D eigenvalue weighted by Gasteiger charge is -2.05. The van der Waals surface area contributed by atoms with Crippen LogP contribution < -0.4 is 0 Å². The van der Waals surface area contributed by atoms with E-state index < -0.39 is 11.9 Å². The molecule has 0 atom stereocenters. The lowest BCUT2D eigenvalue weighted by molar-refractivity contribution is 0.0682. The molecule has 0 fully saturated rings. The number of hydrogen-bond acceptors (Lipinski definition) is 7. The van der Waals surface area contributed by atoms with Crippen molar-refractivity contribution >= 4 is 63.0 Å². The van der Waals surface area contributed by atoms with Crippen LogP contribution in [0, 0.1) is 0 Å². The van der Waals surface area contributed by atoms with E-state index in [9.17, 15) is 9.59 Å². The number of hydrogen-bond donors (Lipinski definition) is 2. The second-order valence-electron chi connectivity index (χ2n) is 3.97. The van der Waals surface area contributed by atoms with Crippen molar-refractivity contribution in [1.29, 1.82) is 0 Å². The summed E-state index contributed by atoms with van der Waals surface area (Å²) in [5, 5.41) is 18.2. The normalized spacial score (nSPS) is 10.4. The van der Waals surface area contributed by atoms with E-state index in [0.29, 0.717) is 9.79 Å². The zero-order chi connectivity index (χ0) is 16.7. The van der Waals surface area contributed by atoms with Gasteiger partial charge in [-0.2, -0.15) is 0 Å². The third-order valence-electron chi connectivity index (χ3n) is 2.54. The highest BCUT2D eigenvalue weighted by Crippen LogP contribution is 2.53. The summed E-state index contributed by atoms with van der Waals surface area (Å²) in [6.45, 7) is 0. The van der Waals surface area contributed by atoms with Crippen molar-refractivity contribution in [3.8, 4) is 0 Å². The predicted molar refractivity (Wildman–Crippen MR) is 101 cm³/mol. The minimum atomic E-state index is -0.948. The first-order valence-corrected chi connectivity index (χ1v) is 12.2. The van der Waals surface area contributed by atoms with Gasteiger partial charge in [-0.25, -0.2) is 9.59 Å². The van der Waals surface area contributed by atoms with Crippen LogP contribution in [0.3, 0.4) is 0 Å². The van der Waals surface area contributed by atoms with Gasteiger partial charge in [0, 0.05) is 9.79 Å². The van der Waals surface area contributed by atoms with Crippen LogP contribution in [0.1, 0.15) is 20.7 Å². The summed E-state index contributed by atoms with van der Waals surface area (Å²) in [7, 11) is 7.07. The summed E-state index contributed by atoms with van der Waals surface area (Å²) < 4.78 is 0. The highest BCUT2D eigenvalue weighted by Gasteiger charge is 2.11. The maximum Gasteiger partial charge on any atom is 0.336 e. The number of rotatable bonds is 8. The van der Waals surface area contributed by atoms with Crippen molar-refractivity contribution in [1.82, 2.24) is 0 Å². The molecule has 0 radical (unpaired) electrons. The van der Waals surface area contributed by atoms with E-state index in [2.05, 4.69) is 0 Å². The summed E-state index contributed by atoms with van der Waals surface area (Å²) in [5.74, 6) is -1.90. The molecule has 2 aromatic carbocycles. The molecule has 4 nitrogen and oxygen atoms in total. The minimum Gasteiger partial charge on any atom is -0.478 e. The van der Waals surface area contributed by atoms with Crippen molar-refractivity contribution in [3.63, 3.8) is 0 Å². The molecule has 0 heterocycles. The van der Waals surface area contributed by atoms with Crippen LogP contribution in [-0.2, 0) is 0 Å². The molecule has 0 unspecified atom stereocenters. The smallest absolute Gasteiger partial charge is 0.336 e. The molecule has 0 saturated carbocycles. The SMILES string of the molecule is O=C(O)c1ccccc1SSSSSc1ccccc1C(=O)O. The Morgan fingerprint density at radius 3 is 1.43 bits per heavy atom. The van der Waals surface area contributed by atoms with Gasteiger partial charge in [0.25, 0.3) is 0 Å². The molecule has 0 aliphatic carbocycles. The highest BCUT2D eigenvalue weighted by molar-refractivity contribution is 9.35. The van der Waals surface area contributed by atoms with Gasteiger partial charge in [0.05, 0.1) is 11.1 Å². The summed E-state index contributed by atoms with van der Waals surface area (Å²) in [6, 6.07) is 13.6. The molecule has 2 rings (SSSR count). The van der Waals surface area contributed by atoms with Crippen LogP contribution >= 0.6 is 51.1 Å². The summed E-state index contributed by atoms with van der Waals surface area (Å²) >= 11 is 0. The molecule has 2 aromatic rings. The number of carboxylic acid groups (broad SMARTS) is 2. The Morgan fingerprint density at radius 2 is 1.04 bits per heavy atom. The second kappa shape index (κ2) is 9.43. The maximum absolute atomic E-state index is 11.1. The first-order chi connectivity index (χ1) is 11.1. The molecule has 9 heteroatoms. The van der Waals surface area contributed by atoms with Gasteiger partial charge in [-0.3, -0.25) is 0 Å². The quantitative estimate of drug-likeness (QED) is 0.419. The third kappa shape index (κ3) is 5.61. The molecule has 0 amide bonds. The molecule has 0 saturated heterocycles. The molecule has 0 aliphatic heterocycles. The van der Waals surface area contributed by atoms with Gasteiger partial charge in [0.15, 0.2) is 0 Å². The number of aromatic carboxylic acids is 2. The lowest BCUT2D eigenvalue weighted by Crippen LogP contribution is -1.97. The summed E-state index contributed by atoms with van der Waals surface area (Å²) in [4.78, 5) is 23.6. The highest BCUT2D eigenvalue weighted by atomic mass is 33.8. The van der Waals surface area contributed by atoms with Crippen LogP contribution in [0.2, 0.25) is 0 Å². The zero-order valence-electron chi connectivity index (χ0n) is 11.4. The largest absolute Gasteiger partial charge is 0.478 e. The Morgan fingerprint density at radius 1 is 0.652 bits per heavy atom. The van der Waals surface area contributed by atoms with Crippen LogP contribution in [0.15, 0.2) is 58.3 Å². The molecule has 0 spiro atoms. The average Bonchev–Trinajstić information content (AvgIpc) is 2.55. The molecular weight excluding hydrogens is 392 g/mol. The van der Waals surface area contributed by atoms with E-state index in [0.717, 1.165) is 0 Å². The third-order valence-corrected chi connectivity index (χ3v) is 10.9. The van der Waals surface area contributed by atoms with Crippen molar-refractivity contribution in [2.75, 3.05) is 0 Å². The van der Waals surface area contributed by atoms with Crippen LogP contribution in [0.25, 0.3) is 0 Å². The van der Waals surface area contributed by atoms with E-state index >= 15 is 0 Å². The van der Waals surface area contributed by atoms with Crippen molar-refractivity contribution < 1.29 is 19.8 Å². The van der Waals surface area contributed by atoms with Crippen molar-refractivity contribution in [2.45, 2.75) is 9.79 Å². The van der Waals surface area contributed by atoms with Crippen LogP contribution in [0.4, 0.5) is 0 Å². The molecule has 0 bridgehead atoms. The standard InChI is InChI=1S/C14H10O4S5/c15-13(16)9-5-1-3-7-11(9)19-21-23-22-20-12-8-4-2-6-10(12)14(17)18/h1-8H,(H,15,16)(H,17,18). The fraction of sp³-hybridized carbons (Fsp3) is 0. The Labute approximate surface area is 151 Å². The van der Waals surface area contributed by atoms with E-state index in [-0.39, 0.29) is 11.1 Å². The maximum atomic E-state index is 11.1. The first kappa shape index (κ1) is 18.5. The topological polar surface area (TPSA) is 74.6 Å². The molecule has 0 aliphatic rings. The summed E-state index contributed by atoms with van der Waals surface area (Å²) in [6.07, 6.45) is 0. The fourth-order valence-corrected chi connectivity index (χ4v) is 10.0. The number of benzene rings is 2. The lowest BCUT2D eigenvalue weighted by atomic mass is 10.2. The van der Waals surface area contributed by atoms with Gasteiger partial charge in [-0.15, -0.1) is 0 Å². The van der Waals surface area contributed by atoms with Gasteiger partial charge in [-0.05, 0) is 75.3 Å². The van der Waals surface area contributed by atoms with Crippen molar-refractivity contribution in [2.24, 2.45) is 0 Å². The van der Waals surface area contributed by atoms with E-state index in [1.54, 1.807) is 48.5 Å². The predicted octanol–water partition coefficient (Wildman–Crippen LogP) is 5.83. The molecule has 120 valence electrons. The van der Waals surface area contributed by atoms with Gasteiger partial charge in [-0.1, -0.05) is 24.3 Å². The van der Waals surface area contributed by atoms with Gasteiger partial charge >= 0.3 is 11.9 Å². The first-order valence-electron chi connectivity index (χ1n) is 6.09. The monoisotopic (exact) mass is 402 g/mol. The van der Waals surface area contributed by atoms with E-state index in [1.807, 2.05) is 0 Å². The fourth-order valence-electron chi connectivity index (χ4n) is 1.54. The Bertz CT molecular complexity index is 648. The van der Waals surface area contributed by atoms with Crippen LogP contribution in [-0.4, -0.2) is 22.2 Å². The Balaban J connectivity index is 1.83. The van der Waals surface area contributed by atoms with Gasteiger partial charge < -0.3 is 10.2 Å². The van der Waals surface area contributed by atoms with E-state index in [1.165, 1.54) is 51.1 Å². The summed E-state index contributed by atoms with van der Waals surface area (Å²) in [5.41, 5.74) is 0.555. The minimum absolute atomic E-state index is 0.277. The molecule has 2 N–H and O–H groups in total. The van der Waals surface area contributed by atoms with E-state index in [4.69, 9.17) is 10.2 Å². The molecule has 0 aromatic heterocycles. The molecular formula is C14H10O4S5. The Kier molecular flexibility index (Phi) is 7.57. The molecule has 23 heavy (non-hydrogen) atoms. The van der Waals surface area contributed by atoms with Crippen molar-refractivity contribution in [3.05, 3.63) is 59.7 Å². The number of carbonyl (C=O) groups is 2. The van der Waals surface area contributed by atoms with Gasteiger partial charge in [0.1, 0.15) is 0 Å². The van der Waals surface area contributed by atoms with Gasteiger partial charge in [0.2, 0.25) is 0 Å². The number of carboxylic acids is 2. The average molecular weight is 403 g/mol. The zero-order valence-corrected chi connectivity index (χ0v) is 15.5. The van der Waals surface area contributed by atoms with Crippen LogP contribution in [0.5, 0.6) is 0 Å². The second-order valence-corrected chi connectivity index (χ2v) is 11.5. The Hall–Kier alpha value is -0.870.